The van der Waals surface area contributed by atoms with Crippen LogP contribution in [0.5, 0.6) is 11.5 Å². The largest absolute Gasteiger partial charge is 0.497 e. The molecule has 0 atom stereocenters. The molecule has 1 aliphatic heterocycles. The standard InChI is InChI=1S/C23H26N4O3S/c1-16-6-8-17(9-7-16)27-22(26-12-4-5-13-26)24-25-23(27)31-15-20(28)19-14-18(29-2)10-11-21(19)30-3/h6-11,14H,4-5,12-13,15H2,1-3H3. The molecule has 7 nitrogen and oxygen atoms in total. The van der Waals surface area contributed by atoms with E-state index in [1.54, 1.807) is 32.4 Å². The average molecular weight is 439 g/mol. The first-order valence-electron chi connectivity index (χ1n) is 10.3. The smallest absolute Gasteiger partial charge is 0.232 e. The van der Waals surface area contributed by atoms with Crippen molar-refractivity contribution in [3.05, 3.63) is 53.6 Å². The molecule has 1 fully saturated rings. The lowest BCUT2D eigenvalue weighted by atomic mass is 10.1. The van der Waals surface area contributed by atoms with Gasteiger partial charge in [-0.05, 0) is 50.1 Å². The first kappa shape index (κ1) is 21.2. The van der Waals surface area contributed by atoms with Crippen molar-refractivity contribution in [2.45, 2.75) is 24.9 Å². The molecule has 2 heterocycles. The van der Waals surface area contributed by atoms with Crippen molar-refractivity contribution in [3.8, 4) is 17.2 Å². The fraction of sp³-hybridized carbons (Fsp3) is 0.348. The number of anilines is 1. The van der Waals surface area contributed by atoms with Crippen LogP contribution in [0.1, 0.15) is 28.8 Å². The molecule has 0 spiro atoms. The van der Waals surface area contributed by atoms with Gasteiger partial charge < -0.3 is 14.4 Å². The minimum Gasteiger partial charge on any atom is -0.497 e. The van der Waals surface area contributed by atoms with Crippen LogP contribution in [0.3, 0.4) is 0 Å². The lowest BCUT2D eigenvalue weighted by Gasteiger charge is -2.18. The van der Waals surface area contributed by atoms with Crippen molar-refractivity contribution in [1.82, 2.24) is 14.8 Å². The Labute approximate surface area is 186 Å². The van der Waals surface area contributed by atoms with E-state index in [9.17, 15) is 4.79 Å². The van der Waals surface area contributed by atoms with Crippen LogP contribution in [0.15, 0.2) is 47.6 Å². The van der Waals surface area contributed by atoms with Gasteiger partial charge in [0.25, 0.3) is 0 Å². The third-order valence-corrected chi connectivity index (χ3v) is 6.27. The van der Waals surface area contributed by atoms with Crippen molar-refractivity contribution < 1.29 is 14.3 Å². The Morgan fingerprint density at radius 1 is 1.03 bits per heavy atom. The molecule has 1 aliphatic rings. The second-order valence-corrected chi connectivity index (χ2v) is 8.37. The molecule has 0 aliphatic carbocycles. The number of aromatic nitrogens is 3. The maximum absolute atomic E-state index is 13.0. The average Bonchev–Trinajstić information content (AvgIpc) is 3.47. The maximum atomic E-state index is 13.0. The van der Waals surface area contributed by atoms with Gasteiger partial charge in [0.1, 0.15) is 11.5 Å². The van der Waals surface area contributed by atoms with Crippen molar-refractivity contribution >= 4 is 23.5 Å². The van der Waals surface area contributed by atoms with E-state index in [0.717, 1.165) is 37.6 Å². The Balaban J connectivity index is 1.61. The molecule has 162 valence electrons. The number of benzene rings is 2. The van der Waals surface area contributed by atoms with Gasteiger partial charge in [-0.1, -0.05) is 29.5 Å². The molecule has 0 unspecified atom stereocenters. The minimum absolute atomic E-state index is 0.0538. The molecule has 0 N–H and O–H groups in total. The lowest BCUT2D eigenvalue weighted by molar-refractivity contribution is 0.101. The molecule has 0 bridgehead atoms. The van der Waals surface area contributed by atoms with Crippen LogP contribution >= 0.6 is 11.8 Å². The van der Waals surface area contributed by atoms with Crippen molar-refractivity contribution in [2.75, 3.05) is 38.0 Å². The molecule has 0 radical (unpaired) electrons. The lowest BCUT2D eigenvalue weighted by Crippen LogP contribution is -2.22. The molecular formula is C23H26N4O3S. The Morgan fingerprint density at radius 2 is 1.77 bits per heavy atom. The van der Waals surface area contributed by atoms with E-state index in [0.29, 0.717) is 22.2 Å². The molecular weight excluding hydrogens is 412 g/mol. The van der Waals surface area contributed by atoms with Gasteiger partial charge in [0.2, 0.25) is 5.95 Å². The van der Waals surface area contributed by atoms with E-state index in [2.05, 4.69) is 46.3 Å². The van der Waals surface area contributed by atoms with Crippen LogP contribution in [-0.4, -0.2) is 53.6 Å². The van der Waals surface area contributed by atoms with E-state index in [1.807, 2.05) is 4.57 Å². The quantitative estimate of drug-likeness (QED) is 0.386. The Morgan fingerprint density at radius 3 is 2.45 bits per heavy atom. The number of carbonyl (C=O) groups is 1. The van der Waals surface area contributed by atoms with Crippen LogP contribution in [0.4, 0.5) is 5.95 Å². The zero-order chi connectivity index (χ0) is 21.8. The summed E-state index contributed by atoms with van der Waals surface area (Å²) in [6, 6.07) is 13.5. The number of ether oxygens (including phenoxy) is 2. The molecule has 31 heavy (non-hydrogen) atoms. The second kappa shape index (κ2) is 9.43. The first-order chi connectivity index (χ1) is 15.1. The fourth-order valence-electron chi connectivity index (χ4n) is 3.64. The summed E-state index contributed by atoms with van der Waals surface area (Å²) in [5.74, 6) is 2.14. The Hall–Kier alpha value is -3.00. The van der Waals surface area contributed by atoms with Crippen LogP contribution in [0.25, 0.3) is 5.69 Å². The number of nitrogens with zero attached hydrogens (tertiary/aromatic N) is 4. The molecule has 3 aromatic rings. The van der Waals surface area contributed by atoms with Gasteiger partial charge in [-0.2, -0.15) is 0 Å². The van der Waals surface area contributed by atoms with Gasteiger partial charge in [0.05, 0.1) is 31.2 Å². The minimum atomic E-state index is -0.0538. The number of methoxy groups -OCH3 is 2. The first-order valence-corrected chi connectivity index (χ1v) is 11.2. The summed E-state index contributed by atoms with van der Waals surface area (Å²) >= 11 is 1.38. The molecule has 1 aromatic heterocycles. The number of Topliss-reactive ketones (excluding diaryl/α,β-unsaturated/α-hetero) is 1. The zero-order valence-electron chi connectivity index (χ0n) is 18.0. The van der Waals surface area contributed by atoms with Crippen LogP contribution in [0.2, 0.25) is 0 Å². The van der Waals surface area contributed by atoms with Gasteiger partial charge in [-0.3, -0.25) is 9.36 Å². The topological polar surface area (TPSA) is 69.5 Å². The number of carbonyl (C=O) groups excluding carboxylic acids is 1. The molecule has 2 aromatic carbocycles. The van der Waals surface area contributed by atoms with Crippen molar-refractivity contribution in [3.63, 3.8) is 0 Å². The monoisotopic (exact) mass is 438 g/mol. The summed E-state index contributed by atoms with van der Waals surface area (Å²) < 4.78 is 12.7. The van der Waals surface area contributed by atoms with Gasteiger partial charge in [-0.15, -0.1) is 10.2 Å². The van der Waals surface area contributed by atoms with Crippen LogP contribution < -0.4 is 14.4 Å². The molecule has 0 saturated carbocycles. The van der Waals surface area contributed by atoms with Gasteiger partial charge in [0.15, 0.2) is 10.9 Å². The zero-order valence-corrected chi connectivity index (χ0v) is 18.8. The number of hydrogen-bond acceptors (Lipinski definition) is 7. The van der Waals surface area contributed by atoms with Gasteiger partial charge in [0, 0.05) is 13.1 Å². The van der Waals surface area contributed by atoms with E-state index >= 15 is 0 Å². The highest BCUT2D eigenvalue weighted by atomic mass is 32.2. The van der Waals surface area contributed by atoms with Crippen LogP contribution in [0, 0.1) is 6.92 Å². The fourth-order valence-corrected chi connectivity index (χ4v) is 4.47. The Kier molecular flexibility index (Phi) is 6.46. The summed E-state index contributed by atoms with van der Waals surface area (Å²) in [7, 11) is 3.14. The van der Waals surface area contributed by atoms with E-state index in [-0.39, 0.29) is 11.5 Å². The molecule has 1 saturated heterocycles. The third-order valence-electron chi connectivity index (χ3n) is 5.34. The highest BCUT2D eigenvalue weighted by Crippen LogP contribution is 2.31. The Bertz CT molecular complexity index is 1060. The number of ketones is 1. The summed E-state index contributed by atoms with van der Waals surface area (Å²) in [4.78, 5) is 15.3. The second-order valence-electron chi connectivity index (χ2n) is 7.43. The van der Waals surface area contributed by atoms with Gasteiger partial charge in [-0.25, -0.2) is 0 Å². The SMILES string of the molecule is COc1ccc(OC)c(C(=O)CSc2nnc(N3CCCC3)n2-c2ccc(C)cc2)c1. The summed E-state index contributed by atoms with van der Waals surface area (Å²) in [6.07, 6.45) is 2.30. The summed E-state index contributed by atoms with van der Waals surface area (Å²) in [6.45, 7) is 4.00. The van der Waals surface area contributed by atoms with E-state index < -0.39 is 0 Å². The molecule has 8 heteroatoms. The predicted octanol–water partition coefficient (Wildman–Crippen LogP) is 4.17. The van der Waals surface area contributed by atoms with E-state index in [1.165, 1.54) is 17.3 Å². The normalized spacial score (nSPS) is 13.5. The maximum Gasteiger partial charge on any atom is 0.232 e. The molecule has 0 amide bonds. The van der Waals surface area contributed by atoms with E-state index in [4.69, 9.17) is 9.47 Å². The number of thioether (sulfide) groups is 1. The summed E-state index contributed by atoms with van der Waals surface area (Å²) in [5, 5.41) is 9.59. The summed E-state index contributed by atoms with van der Waals surface area (Å²) in [5.41, 5.74) is 2.68. The highest BCUT2D eigenvalue weighted by Gasteiger charge is 2.23. The predicted molar refractivity (Wildman–Crippen MR) is 122 cm³/mol. The third kappa shape index (κ3) is 4.54. The van der Waals surface area contributed by atoms with Crippen molar-refractivity contribution in [2.24, 2.45) is 0 Å². The van der Waals surface area contributed by atoms with Crippen molar-refractivity contribution in [1.29, 1.82) is 0 Å². The van der Waals surface area contributed by atoms with Gasteiger partial charge >= 0.3 is 0 Å². The molecule has 4 rings (SSSR count). The number of rotatable bonds is 8. The van der Waals surface area contributed by atoms with Crippen LogP contribution in [-0.2, 0) is 0 Å². The number of hydrogen-bond donors (Lipinski definition) is 0. The highest BCUT2D eigenvalue weighted by molar-refractivity contribution is 7.99. The number of aryl methyl sites for hydroxylation is 1.